The third-order valence-electron chi connectivity index (χ3n) is 3.48. The van der Waals surface area contributed by atoms with Gasteiger partial charge in [0.05, 0.1) is 4.90 Å². The van der Waals surface area contributed by atoms with E-state index in [0.29, 0.717) is 11.4 Å². The second-order valence-corrected chi connectivity index (χ2v) is 8.12. The first-order valence-corrected chi connectivity index (χ1v) is 9.16. The van der Waals surface area contributed by atoms with Gasteiger partial charge in [0.15, 0.2) is 6.61 Å². The normalized spacial score (nSPS) is 11.4. The zero-order valence-corrected chi connectivity index (χ0v) is 15.6. The van der Waals surface area contributed by atoms with Crippen LogP contribution in [-0.2, 0) is 14.8 Å². The van der Waals surface area contributed by atoms with Crippen molar-refractivity contribution in [2.24, 2.45) is 0 Å². The minimum Gasteiger partial charge on any atom is -0.484 e. The molecule has 0 radical (unpaired) electrons. The van der Waals surface area contributed by atoms with Crippen molar-refractivity contribution in [3.05, 3.63) is 53.6 Å². The lowest BCUT2D eigenvalue weighted by atomic mass is 10.1. The van der Waals surface area contributed by atoms with Gasteiger partial charge in [-0.05, 0) is 61.4 Å². The topological polar surface area (TPSA) is 75.7 Å². The van der Waals surface area contributed by atoms with Crippen LogP contribution in [-0.4, -0.2) is 39.3 Å². The molecule has 0 bridgehead atoms. The van der Waals surface area contributed by atoms with E-state index in [2.05, 4.69) is 5.32 Å². The number of nitrogens with zero attached hydrogens (tertiary/aromatic N) is 1. The second kappa shape index (κ2) is 7.67. The van der Waals surface area contributed by atoms with E-state index in [1.54, 1.807) is 12.1 Å². The summed E-state index contributed by atoms with van der Waals surface area (Å²) in [5.74, 6) is 0.322. The van der Waals surface area contributed by atoms with E-state index < -0.39 is 10.0 Å². The van der Waals surface area contributed by atoms with Gasteiger partial charge in [-0.2, -0.15) is 0 Å². The number of anilines is 1. The van der Waals surface area contributed by atoms with Gasteiger partial charge in [-0.1, -0.05) is 6.07 Å². The molecular weight excluding hydrogens is 340 g/mol. The highest BCUT2D eigenvalue weighted by atomic mass is 32.2. The molecule has 0 heterocycles. The van der Waals surface area contributed by atoms with E-state index in [0.717, 1.165) is 15.4 Å². The van der Waals surface area contributed by atoms with Crippen LogP contribution in [0.4, 0.5) is 5.69 Å². The quantitative estimate of drug-likeness (QED) is 0.857. The molecule has 0 aromatic heterocycles. The summed E-state index contributed by atoms with van der Waals surface area (Å²) in [6.07, 6.45) is 0. The van der Waals surface area contributed by atoms with Crippen molar-refractivity contribution < 1.29 is 17.9 Å². The molecule has 0 aliphatic heterocycles. The number of hydrogen-bond acceptors (Lipinski definition) is 4. The van der Waals surface area contributed by atoms with E-state index in [1.807, 2.05) is 32.0 Å². The lowest BCUT2D eigenvalue weighted by Gasteiger charge is -2.12. The van der Waals surface area contributed by atoms with Crippen molar-refractivity contribution in [1.29, 1.82) is 0 Å². The summed E-state index contributed by atoms with van der Waals surface area (Å²) in [7, 11) is -0.545. The Morgan fingerprint density at radius 3 is 2.12 bits per heavy atom. The average Bonchev–Trinajstić information content (AvgIpc) is 2.52. The lowest BCUT2D eigenvalue weighted by molar-refractivity contribution is -0.118. The van der Waals surface area contributed by atoms with E-state index in [9.17, 15) is 13.2 Å². The molecule has 6 nitrogen and oxygen atoms in total. The molecule has 2 rings (SSSR count). The fraction of sp³-hybridized carbons (Fsp3) is 0.278. The van der Waals surface area contributed by atoms with Gasteiger partial charge >= 0.3 is 0 Å². The Balaban J connectivity index is 1.97. The second-order valence-electron chi connectivity index (χ2n) is 5.97. The minimum atomic E-state index is -3.48. The van der Waals surface area contributed by atoms with Gasteiger partial charge in [-0.3, -0.25) is 4.79 Å². The molecular formula is C18H22N2O4S. The summed E-state index contributed by atoms with van der Waals surface area (Å²) in [5, 5.41) is 2.68. The maximum atomic E-state index is 12.0. The Kier molecular flexibility index (Phi) is 5.81. The summed E-state index contributed by atoms with van der Waals surface area (Å²) < 4.78 is 30.6. The van der Waals surface area contributed by atoms with Crippen molar-refractivity contribution in [2.45, 2.75) is 18.7 Å². The van der Waals surface area contributed by atoms with Crippen LogP contribution < -0.4 is 10.1 Å². The van der Waals surface area contributed by atoms with Crippen molar-refractivity contribution in [3.8, 4) is 5.75 Å². The monoisotopic (exact) mass is 362 g/mol. The Hall–Kier alpha value is -2.38. The van der Waals surface area contributed by atoms with Crippen LogP contribution in [0.5, 0.6) is 5.75 Å². The fourth-order valence-electron chi connectivity index (χ4n) is 2.28. The van der Waals surface area contributed by atoms with Crippen molar-refractivity contribution in [3.63, 3.8) is 0 Å². The van der Waals surface area contributed by atoms with Crippen LogP contribution in [0.3, 0.4) is 0 Å². The third-order valence-corrected chi connectivity index (χ3v) is 5.31. The van der Waals surface area contributed by atoms with Crippen LogP contribution in [0.1, 0.15) is 11.1 Å². The number of sulfonamides is 1. The van der Waals surface area contributed by atoms with Gasteiger partial charge in [0.25, 0.3) is 5.91 Å². The number of rotatable bonds is 6. The van der Waals surface area contributed by atoms with Crippen molar-refractivity contribution in [2.75, 3.05) is 26.0 Å². The first kappa shape index (κ1) is 19.0. The van der Waals surface area contributed by atoms with E-state index in [1.165, 1.54) is 26.2 Å². The number of carbonyl (C=O) groups is 1. The molecule has 0 aliphatic rings. The predicted molar refractivity (Wildman–Crippen MR) is 97.4 cm³/mol. The molecule has 0 spiro atoms. The number of nitrogens with one attached hydrogen (secondary N) is 1. The average molecular weight is 362 g/mol. The van der Waals surface area contributed by atoms with E-state index in [-0.39, 0.29) is 17.4 Å². The molecule has 0 saturated carbocycles. The summed E-state index contributed by atoms with van der Waals surface area (Å²) in [6, 6.07) is 11.8. The SMILES string of the molecule is Cc1cc(C)cc(OCC(=O)Nc2ccc(S(=O)(=O)N(C)C)cc2)c1. The van der Waals surface area contributed by atoms with Crippen LogP contribution in [0, 0.1) is 13.8 Å². The van der Waals surface area contributed by atoms with Gasteiger partial charge in [0.1, 0.15) is 5.75 Å². The number of amides is 1. The molecule has 0 unspecified atom stereocenters. The fourth-order valence-corrected chi connectivity index (χ4v) is 3.18. The smallest absolute Gasteiger partial charge is 0.262 e. The van der Waals surface area contributed by atoms with Crippen LogP contribution in [0.15, 0.2) is 47.4 Å². The molecule has 1 amide bonds. The Bertz CT molecular complexity index is 839. The Morgan fingerprint density at radius 2 is 1.60 bits per heavy atom. The molecule has 7 heteroatoms. The Labute approximate surface area is 148 Å². The maximum absolute atomic E-state index is 12.0. The van der Waals surface area contributed by atoms with Crippen LogP contribution in [0.2, 0.25) is 0 Å². The number of aryl methyl sites for hydroxylation is 2. The zero-order chi connectivity index (χ0) is 18.6. The molecule has 0 saturated heterocycles. The number of ether oxygens (including phenoxy) is 1. The third kappa shape index (κ3) is 5.04. The van der Waals surface area contributed by atoms with Gasteiger partial charge in [0.2, 0.25) is 10.0 Å². The van der Waals surface area contributed by atoms with Crippen molar-refractivity contribution in [1.82, 2.24) is 4.31 Å². The summed E-state index contributed by atoms with van der Waals surface area (Å²) >= 11 is 0. The summed E-state index contributed by atoms with van der Waals surface area (Å²) in [4.78, 5) is 12.2. The molecule has 2 aromatic carbocycles. The van der Waals surface area contributed by atoms with E-state index in [4.69, 9.17) is 4.74 Å². The summed E-state index contributed by atoms with van der Waals surface area (Å²) in [5.41, 5.74) is 2.63. The number of benzene rings is 2. The van der Waals surface area contributed by atoms with Gasteiger partial charge in [0, 0.05) is 19.8 Å². The molecule has 25 heavy (non-hydrogen) atoms. The highest BCUT2D eigenvalue weighted by Crippen LogP contribution is 2.18. The van der Waals surface area contributed by atoms with Gasteiger partial charge in [-0.15, -0.1) is 0 Å². The number of carbonyl (C=O) groups excluding carboxylic acids is 1. The van der Waals surface area contributed by atoms with Crippen molar-refractivity contribution >= 4 is 21.6 Å². The summed E-state index contributed by atoms with van der Waals surface area (Å²) in [6.45, 7) is 3.80. The largest absolute Gasteiger partial charge is 0.484 e. The predicted octanol–water partition coefficient (Wildman–Crippen LogP) is 2.57. The zero-order valence-electron chi connectivity index (χ0n) is 14.7. The maximum Gasteiger partial charge on any atom is 0.262 e. The first-order chi connectivity index (χ1) is 11.7. The van der Waals surface area contributed by atoms with Crippen LogP contribution in [0.25, 0.3) is 0 Å². The van der Waals surface area contributed by atoms with Gasteiger partial charge < -0.3 is 10.1 Å². The molecule has 134 valence electrons. The molecule has 0 aliphatic carbocycles. The minimum absolute atomic E-state index is 0.124. The standard InChI is InChI=1S/C18H22N2O4S/c1-13-9-14(2)11-16(10-13)24-12-18(21)19-15-5-7-17(8-6-15)25(22,23)20(3)4/h5-11H,12H2,1-4H3,(H,19,21). The highest BCUT2D eigenvalue weighted by Gasteiger charge is 2.16. The Morgan fingerprint density at radius 1 is 1.04 bits per heavy atom. The number of hydrogen-bond donors (Lipinski definition) is 1. The first-order valence-electron chi connectivity index (χ1n) is 7.72. The highest BCUT2D eigenvalue weighted by molar-refractivity contribution is 7.89. The molecule has 0 fully saturated rings. The van der Waals surface area contributed by atoms with Crippen LogP contribution >= 0.6 is 0 Å². The lowest BCUT2D eigenvalue weighted by Crippen LogP contribution is -2.22. The van der Waals surface area contributed by atoms with E-state index >= 15 is 0 Å². The molecule has 2 aromatic rings. The molecule has 1 N–H and O–H groups in total. The van der Waals surface area contributed by atoms with Gasteiger partial charge in [-0.25, -0.2) is 12.7 Å². The molecule has 0 atom stereocenters.